The van der Waals surface area contributed by atoms with Crippen LogP contribution in [0.3, 0.4) is 0 Å². The molecule has 1 aliphatic carbocycles. The van der Waals surface area contributed by atoms with Crippen molar-refractivity contribution in [2.24, 2.45) is 0 Å². The van der Waals surface area contributed by atoms with Crippen LogP contribution in [-0.4, -0.2) is 16.7 Å². The smallest absolute Gasteiger partial charge is 0.0541 e. The van der Waals surface area contributed by atoms with Crippen LogP contribution in [0.5, 0.6) is 0 Å². The Morgan fingerprint density at radius 2 is 2.00 bits per heavy atom. The van der Waals surface area contributed by atoms with Crippen LogP contribution in [-0.2, 0) is 6.54 Å². The Hall–Kier alpha value is -0.100. The minimum absolute atomic E-state index is 0.0977. The number of halogens is 2. The SMILES string of the molecule is CC1(NCc2cc(Br)cc(Br)c2N)CCC(O)CC1. The third kappa shape index (κ3) is 3.94. The molecule has 0 amide bonds. The van der Waals surface area contributed by atoms with E-state index in [2.05, 4.69) is 44.1 Å². The van der Waals surface area contributed by atoms with Crippen LogP contribution in [0.15, 0.2) is 21.1 Å². The molecule has 0 aliphatic heterocycles. The lowest BCUT2D eigenvalue weighted by Crippen LogP contribution is -2.45. The fourth-order valence-corrected chi connectivity index (χ4v) is 3.82. The second kappa shape index (κ2) is 6.12. The minimum atomic E-state index is -0.125. The van der Waals surface area contributed by atoms with Crippen molar-refractivity contribution in [3.8, 4) is 0 Å². The number of anilines is 1. The molecule has 19 heavy (non-hydrogen) atoms. The highest BCUT2D eigenvalue weighted by Crippen LogP contribution is 2.31. The Balaban J connectivity index is 2.02. The maximum atomic E-state index is 9.58. The molecule has 1 aromatic carbocycles. The van der Waals surface area contributed by atoms with Crippen molar-refractivity contribution >= 4 is 37.5 Å². The van der Waals surface area contributed by atoms with E-state index in [9.17, 15) is 5.11 Å². The summed E-state index contributed by atoms with van der Waals surface area (Å²) in [7, 11) is 0. The third-order valence-corrected chi connectivity index (χ3v) is 5.06. The molecule has 0 spiro atoms. The summed E-state index contributed by atoms with van der Waals surface area (Å²) in [6.07, 6.45) is 3.63. The van der Waals surface area contributed by atoms with Crippen LogP contribution in [0.2, 0.25) is 0 Å². The second-order valence-electron chi connectivity index (χ2n) is 5.61. The Kier molecular flexibility index (Phi) is 4.93. The van der Waals surface area contributed by atoms with Gasteiger partial charge in [-0.25, -0.2) is 0 Å². The van der Waals surface area contributed by atoms with Gasteiger partial charge in [0.15, 0.2) is 0 Å². The van der Waals surface area contributed by atoms with Crippen molar-refractivity contribution in [1.82, 2.24) is 5.32 Å². The van der Waals surface area contributed by atoms with E-state index in [4.69, 9.17) is 5.73 Å². The van der Waals surface area contributed by atoms with E-state index in [-0.39, 0.29) is 11.6 Å². The average molecular weight is 392 g/mol. The molecule has 1 saturated carbocycles. The number of hydrogen-bond donors (Lipinski definition) is 3. The van der Waals surface area contributed by atoms with Crippen LogP contribution < -0.4 is 11.1 Å². The van der Waals surface area contributed by atoms with Gasteiger partial charge in [-0.2, -0.15) is 0 Å². The van der Waals surface area contributed by atoms with E-state index in [0.717, 1.165) is 52.4 Å². The Labute approximate surface area is 131 Å². The zero-order chi connectivity index (χ0) is 14.0. The van der Waals surface area contributed by atoms with Gasteiger partial charge < -0.3 is 16.2 Å². The van der Waals surface area contributed by atoms with Crippen LogP contribution >= 0.6 is 31.9 Å². The molecular formula is C14H20Br2N2O. The van der Waals surface area contributed by atoms with Crippen molar-refractivity contribution in [2.75, 3.05) is 5.73 Å². The van der Waals surface area contributed by atoms with Gasteiger partial charge in [0.25, 0.3) is 0 Å². The molecule has 0 atom stereocenters. The van der Waals surface area contributed by atoms with Crippen molar-refractivity contribution < 1.29 is 5.11 Å². The molecule has 2 rings (SSSR count). The molecule has 3 nitrogen and oxygen atoms in total. The summed E-state index contributed by atoms with van der Waals surface area (Å²) in [6, 6.07) is 4.01. The van der Waals surface area contributed by atoms with Gasteiger partial charge in [0.2, 0.25) is 0 Å². The number of aliphatic hydroxyl groups excluding tert-OH is 1. The molecule has 0 aromatic heterocycles. The van der Waals surface area contributed by atoms with E-state index >= 15 is 0 Å². The highest BCUT2D eigenvalue weighted by atomic mass is 79.9. The van der Waals surface area contributed by atoms with Crippen LogP contribution in [0.4, 0.5) is 5.69 Å². The van der Waals surface area contributed by atoms with Gasteiger partial charge in [-0.15, -0.1) is 0 Å². The highest BCUT2D eigenvalue weighted by Gasteiger charge is 2.29. The van der Waals surface area contributed by atoms with Crippen LogP contribution in [0.1, 0.15) is 38.2 Å². The molecular weight excluding hydrogens is 372 g/mol. The summed E-state index contributed by atoms with van der Waals surface area (Å²) in [5.74, 6) is 0. The lowest BCUT2D eigenvalue weighted by atomic mass is 9.82. The molecule has 0 saturated heterocycles. The highest BCUT2D eigenvalue weighted by molar-refractivity contribution is 9.11. The number of nitrogens with two attached hydrogens (primary N) is 1. The number of benzene rings is 1. The van der Waals surface area contributed by atoms with Gasteiger partial charge in [-0.3, -0.25) is 0 Å². The Morgan fingerprint density at radius 3 is 2.63 bits per heavy atom. The summed E-state index contributed by atoms with van der Waals surface area (Å²) in [6.45, 7) is 2.97. The number of rotatable bonds is 3. The zero-order valence-electron chi connectivity index (χ0n) is 11.0. The molecule has 0 heterocycles. The maximum Gasteiger partial charge on any atom is 0.0541 e. The first-order valence-corrected chi connectivity index (χ1v) is 8.15. The van der Waals surface area contributed by atoms with Crippen molar-refractivity contribution in [1.29, 1.82) is 0 Å². The van der Waals surface area contributed by atoms with Gasteiger partial charge in [-0.1, -0.05) is 15.9 Å². The summed E-state index contributed by atoms with van der Waals surface area (Å²) in [5.41, 5.74) is 8.06. The molecule has 5 heteroatoms. The molecule has 1 fully saturated rings. The van der Waals surface area contributed by atoms with E-state index in [1.165, 1.54) is 0 Å². The van der Waals surface area contributed by atoms with Gasteiger partial charge >= 0.3 is 0 Å². The van der Waals surface area contributed by atoms with Crippen LogP contribution in [0.25, 0.3) is 0 Å². The first-order valence-electron chi connectivity index (χ1n) is 6.56. The molecule has 106 valence electrons. The maximum absolute atomic E-state index is 9.58. The second-order valence-corrected chi connectivity index (χ2v) is 7.38. The van der Waals surface area contributed by atoms with Gasteiger partial charge in [0, 0.05) is 21.0 Å². The number of nitrogen functional groups attached to an aromatic ring is 1. The van der Waals surface area contributed by atoms with E-state index in [1.807, 2.05) is 12.1 Å². The lowest BCUT2D eigenvalue weighted by molar-refractivity contribution is 0.0892. The predicted molar refractivity (Wildman–Crippen MR) is 86.0 cm³/mol. The minimum Gasteiger partial charge on any atom is -0.398 e. The fraction of sp³-hybridized carbons (Fsp3) is 0.571. The first kappa shape index (κ1) is 15.3. The normalized spacial score (nSPS) is 27.5. The van der Waals surface area contributed by atoms with Crippen LogP contribution in [0, 0.1) is 0 Å². The van der Waals surface area contributed by atoms with E-state index in [0.29, 0.717) is 0 Å². The number of aliphatic hydroxyl groups is 1. The molecule has 0 radical (unpaired) electrons. The summed E-state index contributed by atoms with van der Waals surface area (Å²) in [5, 5.41) is 13.2. The molecule has 1 aromatic rings. The van der Waals surface area contributed by atoms with Gasteiger partial charge in [0.05, 0.1) is 11.8 Å². The average Bonchev–Trinajstić information content (AvgIpc) is 2.36. The molecule has 4 N–H and O–H groups in total. The third-order valence-electron chi connectivity index (χ3n) is 3.94. The largest absolute Gasteiger partial charge is 0.398 e. The van der Waals surface area contributed by atoms with Crippen molar-refractivity contribution in [3.63, 3.8) is 0 Å². The summed E-state index contributed by atoms with van der Waals surface area (Å²) in [4.78, 5) is 0. The zero-order valence-corrected chi connectivity index (χ0v) is 14.2. The quantitative estimate of drug-likeness (QED) is 0.690. The van der Waals surface area contributed by atoms with E-state index in [1.54, 1.807) is 0 Å². The molecule has 1 aliphatic rings. The summed E-state index contributed by atoms with van der Waals surface area (Å²) >= 11 is 6.96. The predicted octanol–water partition coefficient (Wildman–Crippen LogP) is 3.58. The van der Waals surface area contributed by atoms with Gasteiger partial charge in [0.1, 0.15) is 0 Å². The summed E-state index contributed by atoms with van der Waals surface area (Å²) < 4.78 is 1.94. The van der Waals surface area contributed by atoms with Crippen molar-refractivity contribution in [2.45, 2.75) is 50.8 Å². The first-order chi connectivity index (χ1) is 8.89. The fourth-order valence-electron chi connectivity index (χ4n) is 2.51. The topological polar surface area (TPSA) is 58.3 Å². The molecule has 0 unspecified atom stereocenters. The van der Waals surface area contributed by atoms with Crippen molar-refractivity contribution in [3.05, 3.63) is 26.6 Å². The number of hydrogen-bond acceptors (Lipinski definition) is 3. The van der Waals surface area contributed by atoms with Gasteiger partial charge in [-0.05, 0) is 66.2 Å². The van der Waals surface area contributed by atoms with E-state index < -0.39 is 0 Å². The molecule has 0 bridgehead atoms. The lowest BCUT2D eigenvalue weighted by Gasteiger charge is -2.37. The Morgan fingerprint density at radius 1 is 1.37 bits per heavy atom. The number of nitrogens with one attached hydrogen (secondary N) is 1. The standard InChI is InChI=1S/C14H20Br2N2O/c1-14(4-2-11(19)3-5-14)18-8-9-6-10(15)7-12(16)13(9)17/h6-7,11,18-19H,2-5,8,17H2,1H3. The monoisotopic (exact) mass is 390 g/mol. The Bertz CT molecular complexity index is 457.